The summed E-state index contributed by atoms with van der Waals surface area (Å²) in [4.78, 5) is 25.1. The van der Waals surface area contributed by atoms with E-state index in [1.807, 2.05) is 44.2 Å². The Morgan fingerprint density at radius 1 is 1.08 bits per heavy atom. The van der Waals surface area contributed by atoms with Gasteiger partial charge in [0.25, 0.3) is 0 Å². The van der Waals surface area contributed by atoms with Crippen LogP contribution < -0.4 is 0 Å². The van der Waals surface area contributed by atoms with Gasteiger partial charge >= 0.3 is 12.1 Å². The number of carbonyl (C=O) groups is 2. The monoisotopic (exact) mass is 339 g/mol. The summed E-state index contributed by atoms with van der Waals surface area (Å²) in [5.41, 5.74) is 0.857. The van der Waals surface area contributed by atoms with Crippen molar-refractivity contribution in [3.8, 4) is 0 Å². The Kier molecular flexibility index (Phi) is 9.48. The van der Waals surface area contributed by atoms with Gasteiger partial charge in [-0.3, -0.25) is 9.69 Å². The van der Waals surface area contributed by atoms with E-state index in [0.717, 1.165) is 5.56 Å². The summed E-state index contributed by atoms with van der Waals surface area (Å²) >= 11 is 0. The van der Waals surface area contributed by atoms with Crippen LogP contribution in [0.15, 0.2) is 30.3 Å². The Balaban J connectivity index is 2.67. The van der Waals surface area contributed by atoms with E-state index in [1.54, 1.807) is 0 Å². The first-order valence-corrected chi connectivity index (χ1v) is 7.86. The number of amides is 1. The standard InChI is InChI=1S/C17H25NO6/c1-4-22-16(23-5-2)12-18(11-15(19)21-3)17(20)24-13-14-9-7-6-8-10-14/h6-10,16H,4-5,11-13H2,1-3H3. The number of methoxy groups -OCH3 is 1. The lowest BCUT2D eigenvalue weighted by Crippen LogP contribution is -2.43. The van der Waals surface area contributed by atoms with Crippen molar-refractivity contribution in [2.24, 2.45) is 0 Å². The predicted octanol–water partition coefficient (Wildman–Crippen LogP) is 2.20. The lowest BCUT2D eigenvalue weighted by molar-refractivity contribution is -0.152. The molecule has 0 saturated heterocycles. The number of hydrogen-bond donors (Lipinski definition) is 0. The Morgan fingerprint density at radius 3 is 2.25 bits per heavy atom. The minimum atomic E-state index is -0.631. The smallest absolute Gasteiger partial charge is 0.410 e. The summed E-state index contributed by atoms with van der Waals surface area (Å²) < 4.78 is 20.7. The third kappa shape index (κ3) is 7.43. The molecular formula is C17H25NO6. The molecule has 7 heteroatoms. The maximum Gasteiger partial charge on any atom is 0.410 e. The first kappa shape index (κ1) is 19.9. The van der Waals surface area contributed by atoms with Gasteiger partial charge in [0.2, 0.25) is 0 Å². The molecule has 0 atom stereocenters. The van der Waals surface area contributed by atoms with Crippen molar-refractivity contribution in [2.45, 2.75) is 26.7 Å². The van der Waals surface area contributed by atoms with Crippen molar-refractivity contribution in [3.05, 3.63) is 35.9 Å². The molecule has 7 nitrogen and oxygen atoms in total. The highest BCUT2D eigenvalue weighted by Gasteiger charge is 2.23. The third-order valence-corrected chi connectivity index (χ3v) is 3.09. The molecule has 0 fully saturated rings. The third-order valence-electron chi connectivity index (χ3n) is 3.09. The summed E-state index contributed by atoms with van der Waals surface area (Å²) in [7, 11) is 1.26. The van der Waals surface area contributed by atoms with Gasteiger partial charge in [0.15, 0.2) is 6.29 Å². The molecular weight excluding hydrogens is 314 g/mol. The van der Waals surface area contributed by atoms with E-state index >= 15 is 0 Å². The predicted molar refractivity (Wildman–Crippen MR) is 87.3 cm³/mol. The van der Waals surface area contributed by atoms with Crippen molar-refractivity contribution >= 4 is 12.1 Å². The number of benzene rings is 1. The molecule has 0 aromatic heterocycles. The van der Waals surface area contributed by atoms with Crippen LogP contribution in [0.1, 0.15) is 19.4 Å². The van der Waals surface area contributed by atoms with Crippen molar-refractivity contribution < 1.29 is 28.5 Å². The van der Waals surface area contributed by atoms with E-state index in [1.165, 1.54) is 12.0 Å². The first-order valence-electron chi connectivity index (χ1n) is 7.86. The molecule has 0 aliphatic rings. The summed E-state index contributed by atoms with van der Waals surface area (Å²) in [6.07, 6.45) is -1.26. The quantitative estimate of drug-likeness (QED) is 0.480. The van der Waals surface area contributed by atoms with Crippen LogP contribution in [0, 0.1) is 0 Å². The molecule has 1 aromatic carbocycles. The van der Waals surface area contributed by atoms with Crippen LogP contribution in [0.25, 0.3) is 0 Å². The molecule has 1 rings (SSSR count). The minimum absolute atomic E-state index is 0.0738. The molecule has 0 radical (unpaired) electrons. The number of hydrogen-bond acceptors (Lipinski definition) is 6. The van der Waals surface area contributed by atoms with Gasteiger partial charge in [-0.15, -0.1) is 0 Å². The first-order chi connectivity index (χ1) is 11.6. The molecule has 0 aliphatic carbocycles. The minimum Gasteiger partial charge on any atom is -0.468 e. The molecule has 0 spiro atoms. The van der Waals surface area contributed by atoms with Crippen LogP contribution >= 0.6 is 0 Å². The summed E-state index contributed by atoms with van der Waals surface area (Å²) in [5.74, 6) is -0.543. The number of ether oxygens (including phenoxy) is 4. The van der Waals surface area contributed by atoms with Gasteiger partial charge in [-0.2, -0.15) is 0 Å². The van der Waals surface area contributed by atoms with E-state index in [4.69, 9.17) is 14.2 Å². The largest absolute Gasteiger partial charge is 0.468 e. The summed E-state index contributed by atoms with van der Waals surface area (Å²) in [6, 6.07) is 9.29. The van der Waals surface area contributed by atoms with Crippen molar-refractivity contribution in [3.63, 3.8) is 0 Å². The molecule has 0 unspecified atom stereocenters. The fraction of sp³-hybridized carbons (Fsp3) is 0.529. The molecule has 0 heterocycles. The van der Waals surface area contributed by atoms with E-state index in [0.29, 0.717) is 13.2 Å². The zero-order valence-corrected chi connectivity index (χ0v) is 14.4. The lowest BCUT2D eigenvalue weighted by atomic mass is 10.2. The van der Waals surface area contributed by atoms with Crippen molar-refractivity contribution in [2.75, 3.05) is 33.4 Å². The van der Waals surface area contributed by atoms with E-state index in [9.17, 15) is 9.59 Å². The number of esters is 1. The molecule has 0 N–H and O–H groups in total. The fourth-order valence-corrected chi connectivity index (χ4v) is 1.94. The number of nitrogens with zero attached hydrogens (tertiary/aromatic N) is 1. The highest BCUT2D eigenvalue weighted by Crippen LogP contribution is 2.06. The second-order valence-corrected chi connectivity index (χ2v) is 4.84. The lowest BCUT2D eigenvalue weighted by Gasteiger charge is -2.26. The Labute approximate surface area is 142 Å². The normalized spacial score (nSPS) is 10.5. The second-order valence-electron chi connectivity index (χ2n) is 4.84. The fourth-order valence-electron chi connectivity index (χ4n) is 1.94. The average Bonchev–Trinajstić information content (AvgIpc) is 2.60. The summed E-state index contributed by atoms with van der Waals surface area (Å²) in [6.45, 7) is 4.46. The number of rotatable bonds is 10. The number of carbonyl (C=O) groups excluding carboxylic acids is 2. The van der Waals surface area contributed by atoms with Crippen LogP contribution in [0.5, 0.6) is 0 Å². The zero-order valence-electron chi connectivity index (χ0n) is 14.4. The van der Waals surface area contributed by atoms with Crippen LogP contribution in [0.4, 0.5) is 4.79 Å². The summed E-state index contributed by atoms with van der Waals surface area (Å²) in [5, 5.41) is 0. The van der Waals surface area contributed by atoms with E-state index < -0.39 is 18.4 Å². The van der Waals surface area contributed by atoms with Gasteiger partial charge in [-0.1, -0.05) is 30.3 Å². The van der Waals surface area contributed by atoms with Crippen LogP contribution in [0.3, 0.4) is 0 Å². The van der Waals surface area contributed by atoms with Crippen LogP contribution in [-0.4, -0.2) is 56.7 Å². The van der Waals surface area contributed by atoms with Gasteiger partial charge in [0, 0.05) is 13.2 Å². The van der Waals surface area contributed by atoms with Crippen molar-refractivity contribution in [1.82, 2.24) is 4.90 Å². The molecule has 1 amide bonds. The maximum atomic E-state index is 12.3. The molecule has 134 valence electrons. The highest BCUT2D eigenvalue weighted by molar-refractivity contribution is 5.78. The topological polar surface area (TPSA) is 74.3 Å². The molecule has 24 heavy (non-hydrogen) atoms. The zero-order chi connectivity index (χ0) is 17.8. The second kappa shape index (κ2) is 11.4. The Hall–Kier alpha value is -2.12. The Bertz CT molecular complexity index is 487. The van der Waals surface area contributed by atoms with E-state index in [-0.39, 0.29) is 19.7 Å². The van der Waals surface area contributed by atoms with Crippen LogP contribution in [-0.2, 0) is 30.3 Å². The van der Waals surface area contributed by atoms with Gasteiger partial charge in [-0.25, -0.2) is 4.79 Å². The van der Waals surface area contributed by atoms with Gasteiger partial charge in [0.1, 0.15) is 13.2 Å². The van der Waals surface area contributed by atoms with Gasteiger partial charge in [0.05, 0.1) is 13.7 Å². The van der Waals surface area contributed by atoms with Gasteiger partial charge < -0.3 is 18.9 Å². The molecule has 0 bridgehead atoms. The molecule has 0 aliphatic heterocycles. The van der Waals surface area contributed by atoms with E-state index in [2.05, 4.69) is 4.74 Å². The van der Waals surface area contributed by atoms with Crippen molar-refractivity contribution in [1.29, 1.82) is 0 Å². The Morgan fingerprint density at radius 2 is 1.71 bits per heavy atom. The van der Waals surface area contributed by atoms with Crippen LogP contribution in [0.2, 0.25) is 0 Å². The average molecular weight is 339 g/mol. The van der Waals surface area contributed by atoms with Gasteiger partial charge in [-0.05, 0) is 19.4 Å². The SMILES string of the molecule is CCOC(CN(CC(=O)OC)C(=O)OCc1ccccc1)OCC. The highest BCUT2D eigenvalue weighted by atomic mass is 16.7. The molecule has 0 saturated carbocycles. The maximum absolute atomic E-state index is 12.3. The molecule has 1 aromatic rings.